The van der Waals surface area contributed by atoms with Gasteiger partial charge in [-0.25, -0.2) is 0 Å². The molecule has 0 amide bonds. The Morgan fingerprint density at radius 3 is 2.31 bits per heavy atom. The molecule has 0 aromatic rings. The Morgan fingerprint density at radius 2 is 1.81 bits per heavy atom. The van der Waals surface area contributed by atoms with Crippen LogP contribution in [-0.2, 0) is 9.53 Å². The second kappa shape index (κ2) is 11.5. The maximum Gasteiger partial charge on any atom is 0.305 e. The Bertz CT molecular complexity index is 176. The second-order valence-corrected chi connectivity index (χ2v) is 4.09. The SMILES string of the molecule is NCCCC(=O)OCCN(CCCl)CCCl. The van der Waals surface area contributed by atoms with Crippen molar-refractivity contribution in [1.82, 2.24) is 4.90 Å². The van der Waals surface area contributed by atoms with Gasteiger partial charge in [0.2, 0.25) is 0 Å². The standard InChI is InChI=1S/C10H20Cl2N2O2/c11-3-6-14(7-4-12)8-9-16-10(15)2-1-5-13/h1-9,13H2. The molecule has 0 unspecified atom stereocenters. The number of halogens is 2. The van der Waals surface area contributed by atoms with Crippen molar-refractivity contribution in [2.24, 2.45) is 5.73 Å². The molecule has 0 saturated heterocycles. The molecule has 0 bridgehead atoms. The molecule has 16 heavy (non-hydrogen) atoms. The van der Waals surface area contributed by atoms with Crippen LogP contribution in [0.2, 0.25) is 0 Å². The molecular formula is C10H20Cl2N2O2. The monoisotopic (exact) mass is 270 g/mol. The minimum atomic E-state index is -0.192. The molecule has 0 rings (SSSR count). The van der Waals surface area contributed by atoms with Crippen molar-refractivity contribution in [2.45, 2.75) is 12.8 Å². The van der Waals surface area contributed by atoms with Crippen molar-refractivity contribution < 1.29 is 9.53 Å². The predicted molar refractivity (Wildman–Crippen MR) is 67.1 cm³/mol. The highest BCUT2D eigenvalue weighted by Crippen LogP contribution is 1.95. The lowest BCUT2D eigenvalue weighted by atomic mass is 10.3. The van der Waals surface area contributed by atoms with E-state index in [4.69, 9.17) is 33.7 Å². The third kappa shape index (κ3) is 9.21. The molecule has 0 saturated carbocycles. The molecule has 96 valence electrons. The summed E-state index contributed by atoms with van der Waals surface area (Å²) in [4.78, 5) is 13.2. The fraction of sp³-hybridized carbons (Fsp3) is 0.900. The molecule has 0 aliphatic carbocycles. The zero-order valence-corrected chi connectivity index (χ0v) is 11.0. The third-order valence-corrected chi connectivity index (χ3v) is 2.40. The van der Waals surface area contributed by atoms with Gasteiger partial charge in [-0.2, -0.15) is 0 Å². The summed E-state index contributed by atoms with van der Waals surface area (Å²) < 4.78 is 5.04. The molecule has 0 radical (unpaired) electrons. The molecule has 0 aliphatic rings. The van der Waals surface area contributed by atoms with Gasteiger partial charge in [-0.15, -0.1) is 23.2 Å². The first-order valence-electron chi connectivity index (χ1n) is 5.44. The van der Waals surface area contributed by atoms with Crippen molar-refractivity contribution in [2.75, 3.05) is 44.5 Å². The Morgan fingerprint density at radius 1 is 1.19 bits per heavy atom. The Kier molecular flexibility index (Phi) is 11.4. The Balaban J connectivity index is 3.55. The number of hydrogen-bond acceptors (Lipinski definition) is 4. The number of nitrogens with zero attached hydrogens (tertiary/aromatic N) is 1. The average molecular weight is 271 g/mol. The normalized spacial score (nSPS) is 10.8. The number of nitrogens with two attached hydrogens (primary N) is 1. The lowest BCUT2D eigenvalue weighted by Gasteiger charge is -2.19. The van der Waals surface area contributed by atoms with Crippen LogP contribution in [0.15, 0.2) is 0 Å². The van der Waals surface area contributed by atoms with Gasteiger partial charge in [-0.1, -0.05) is 0 Å². The molecular weight excluding hydrogens is 251 g/mol. The first-order valence-corrected chi connectivity index (χ1v) is 6.51. The lowest BCUT2D eigenvalue weighted by Crippen LogP contribution is -2.32. The highest BCUT2D eigenvalue weighted by molar-refractivity contribution is 6.18. The van der Waals surface area contributed by atoms with Gasteiger partial charge in [-0.3, -0.25) is 9.69 Å². The minimum absolute atomic E-state index is 0.192. The number of ether oxygens (including phenoxy) is 1. The van der Waals surface area contributed by atoms with Gasteiger partial charge in [0.25, 0.3) is 0 Å². The molecule has 2 N–H and O–H groups in total. The maximum absolute atomic E-state index is 11.2. The van der Waals surface area contributed by atoms with Crippen LogP contribution in [0.1, 0.15) is 12.8 Å². The van der Waals surface area contributed by atoms with E-state index in [-0.39, 0.29) is 5.97 Å². The summed E-state index contributed by atoms with van der Waals surface area (Å²) >= 11 is 11.3. The first-order chi connectivity index (χ1) is 7.74. The number of esters is 1. The van der Waals surface area contributed by atoms with Gasteiger partial charge >= 0.3 is 5.97 Å². The second-order valence-electron chi connectivity index (χ2n) is 3.33. The van der Waals surface area contributed by atoms with Gasteiger partial charge in [-0.05, 0) is 13.0 Å². The Labute approximate surface area is 107 Å². The van der Waals surface area contributed by atoms with E-state index < -0.39 is 0 Å². The fourth-order valence-electron chi connectivity index (χ4n) is 1.18. The predicted octanol–water partition coefficient (Wildman–Crippen LogP) is 1.05. The minimum Gasteiger partial charge on any atom is -0.464 e. The van der Waals surface area contributed by atoms with Crippen LogP contribution in [0.4, 0.5) is 0 Å². The smallest absolute Gasteiger partial charge is 0.305 e. The highest BCUT2D eigenvalue weighted by Gasteiger charge is 2.06. The molecule has 0 aliphatic heterocycles. The third-order valence-electron chi connectivity index (χ3n) is 2.06. The molecule has 6 heteroatoms. The lowest BCUT2D eigenvalue weighted by molar-refractivity contribution is -0.144. The van der Waals surface area contributed by atoms with Crippen LogP contribution in [0.25, 0.3) is 0 Å². The topological polar surface area (TPSA) is 55.6 Å². The molecule has 0 atom stereocenters. The quantitative estimate of drug-likeness (QED) is 0.476. The summed E-state index contributed by atoms with van der Waals surface area (Å²) in [5.74, 6) is 0.915. The van der Waals surface area contributed by atoms with E-state index >= 15 is 0 Å². The van der Waals surface area contributed by atoms with Gasteiger partial charge < -0.3 is 10.5 Å². The summed E-state index contributed by atoms with van der Waals surface area (Å²) in [6.45, 7) is 3.09. The van der Waals surface area contributed by atoms with Crippen molar-refractivity contribution in [3.05, 3.63) is 0 Å². The summed E-state index contributed by atoms with van der Waals surface area (Å²) in [6.07, 6.45) is 1.06. The average Bonchev–Trinajstić information content (AvgIpc) is 2.27. The molecule has 0 heterocycles. The zero-order chi connectivity index (χ0) is 12.2. The Hall–Kier alpha value is -0.0300. The molecule has 0 fully saturated rings. The van der Waals surface area contributed by atoms with Crippen LogP contribution in [0, 0.1) is 0 Å². The van der Waals surface area contributed by atoms with E-state index in [0.29, 0.717) is 44.3 Å². The van der Waals surface area contributed by atoms with Gasteiger partial charge in [0.1, 0.15) is 6.61 Å². The summed E-state index contributed by atoms with van der Waals surface area (Å²) in [6, 6.07) is 0. The molecule has 0 aromatic heterocycles. The highest BCUT2D eigenvalue weighted by atomic mass is 35.5. The van der Waals surface area contributed by atoms with Crippen LogP contribution in [0.3, 0.4) is 0 Å². The fourth-order valence-corrected chi connectivity index (χ4v) is 1.66. The van der Waals surface area contributed by atoms with Crippen LogP contribution < -0.4 is 5.73 Å². The molecule has 0 aromatic carbocycles. The largest absolute Gasteiger partial charge is 0.464 e. The van der Waals surface area contributed by atoms with Gasteiger partial charge in [0.15, 0.2) is 0 Å². The van der Waals surface area contributed by atoms with Gasteiger partial charge in [0, 0.05) is 37.8 Å². The molecule has 4 nitrogen and oxygen atoms in total. The van der Waals surface area contributed by atoms with Crippen molar-refractivity contribution in [3.8, 4) is 0 Å². The van der Waals surface area contributed by atoms with E-state index in [1.54, 1.807) is 0 Å². The van der Waals surface area contributed by atoms with Crippen molar-refractivity contribution in [3.63, 3.8) is 0 Å². The zero-order valence-electron chi connectivity index (χ0n) is 9.46. The van der Waals surface area contributed by atoms with E-state index in [2.05, 4.69) is 4.90 Å². The van der Waals surface area contributed by atoms with Crippen LogP contribution >= 0.6 is 23.2 Å². The number of hydrogen-bond donors (Lipinski definition) is 1. The van der Waals surface area contributed by atoms with E-state index in [9.17, 15) is 4.79 Å². The van der Waals surface area contributed by atoms with Crippen molar-refractivity contribution >= 4 is 29.2 Å². The van der Waals surface area contributed by atoms with E-state index in [1.807, 2.05) is 0 Å². The summed E-state index contributed by atoms with van der Waals surface area (Å²) in [7, 11) is 0. The maximum atomic E-state index is 11.2. The van der Waals surface area contributed by atoms with Crippen LogP contribution in [-0.4, -0.2) is 55.4 Å². The molecule has 0 spiro atoms. The summed E-state index contributed by atoms with van der Waals surface area (Å²) in [5, 5.41) is 0. The van der Waals surface area contributed by atoms with Crippen molar-refractivity contribution in [1.29, 1.82) is 0 Å². The first kappa shape index (κ1) is 16.0. The van der Waals surface area contributed by atoms with Gasteiger partial charge in [0.05, 0.1) is 0 Å². The number of rotatable bonds is 10. The number of carbonyl (C=O) groups is 1. The van der Waals surface area contributed by atoms with Crippen LogP contribution in [0.5, 0.6) is 0 Å². The summed E-state index contributed by atoms with van der Waals surface area (Å²) in [5.41, 5.74) is 5.29. The van der Waals surface area contributed by atoms with E-state index in [1.165, 1.54) is 0 Å². The number of alkyl halides is 2. The van der Waals surface area contributed by atoms with E-state index in [0.717, 1.165) is 13.1 Å². The number of carbonyl (C=O) groups excluding carboxylic acids is 1.